The minimum absolute atomic E-state index is 0.0238. The van der Waals surface area contributed by atoms with Crippen molar-refractivity contribution in [1.29, 1.82) is 0 Å². The molecule has 3 N–H and O–H groups in total. The summed E-state index contributed by atoms with van der Waals surface area (Å²) in [5, 5.41) is 3.83. The molecule has 4 rings (SSSR count). The Balaban J connectivity index is 1.53. The van der Waals surface area contributed by atoms with E-state index in [0.29, 0.717) is 43.8 Å². The van der Waals surface area contributed by atoms with E-state index in [9.17, 15) is 14.4 Å². The number of ether oxygens (including phenoxy) is 2. The Morgan fingerprint density at radius 1 is 0.977 bits per heavy atom. The summed E-state index contributed by atoms with van der Waals surface area (Å²) in [7, 11) is 1.51. The molecule has 1 saturated carbocycles. The van der Waals surface area contributed by atoms with Crippen molar-refractivity contribution in [3.8, 4) is 0 Å². The summed E-state index contributed by atoms with van der Waals surface area (Å²) >= 11 is 6.14. The number of nitrogens with two attached hydrogens (primary N) is 1. The number of esters is 1. The maximum Gasteiger partial charge on any atom is 0.306 e. The van der Waals surface area contributed by atoms with E-state index in [4.69, 9.17) is 26.8 Å². The number of methoxy groups -OCH3 is 1. The number of likely N-dealkylation sites (tertiary alicyclic amines) is 1. The van der Waals surface area contributed by atoms with Gasteiger partial charge in [-0.25, -0.2) is 0 Å². The third kappa shape index (κ3) is 10.3. The highest BCUT2D eigenvalue weighted by Crippen LogP contribution is 2.29. The first-order valence-electron chi connectivity index (χ1n) is 16.1. The Kier molecular flexibility index (Phi) is 13.1. The molecule has 240 valence electrons. The minimum Gasteiger partial charge on any atom is -0.462 e. The largest absolute Gasteiger partial charge is 0.462 e. The number of halogens is 1. The van der Waals surface area contributed by atoms with E-state index in [1.807, 2.05) is 59.5 Å². The summed E-state index contributed by atoms with van der Waals surface area (Å²) in [4.78, 5) is 42.6. The Bertz CT molecular complexity index is 1200. The van der Waals surface area contributed by atoms with Crippen LogP contribution in [-0.2, 0) is 36.7 Å². The van der Waals surface area contributed by atoms with Gasteiger partial charge in [0.1, 0.15) is 12.1 Å². The normalized spacial score (nSPS) is 21.0. The predicted molar refractivity (Wildman–Crippen MR) is 172 cm³/mol. The summed E-state index contributed by atoms with van der Waals surface area (Å²) < 4.78 is 11.1. The van der Waals surface area contributed by atoms with Crippen LogP contribution in [0, 0.1) is 5.92 Å². The number of benzene rings is 2. The summed E-state index contributed by atoms with van der Waals surface area (Å²) in [6.45, 7) is 0.945. The van der Waals surface area contributed by atoms with Crippen LogP contribution in [0.5, 0.6) is 0 Å². The van der Waals surface area contributed by atoms with E-state index >= 15 is 0 Å². The molecule has 2 aromatic carbocycles. The van der Waals surface area contributed by atoms with Gasteiger partial charge in [0.15, 0.2) is 0 Å². The first-order valence-corrected chi connectivity index (χ1v) is 16.5. The Hall–Kier alpha value is -2.94. The van der Waals surface area contributed by atoms with Gasteiger partial charge in [0.2, 0.25) is 11.8 Å². The van der Waals surface area contributed by atoms with E-state index in [1.54, 1.807) is 0 Å². The molecular weight excluding hydrogens is 578 g/mol. The number of nitrogens with zero attached hydrogens (tertiary/aromatic N) is 1. The second-order valence-electron chi connectivity index (χ2n) is 12.5. The van der Waals surface area contributed by atoms with Gasteiger partial charge in [-0.2, -0.15) is 0 Å². The quantitative estimate of drug-likeness (QED) is 0.312. The first kappa shape index (κ1) is 33.9. The van der Waals surface area contributed by atoms with Gasteiger partial charge in [0.05, 0.1) is 24.5 Å². The molecule has 44 heavy (non-hydrogen) atoms. The third-order valence-corrected chi connectivity index (χ3v) is 9.11. The number of hydrogen-bond acceptors (Lipinski definition) is 6. The maximum atomic E-state index is 14.3. The second kappa shape index (κ2) is 16.9. The number of hydrogen-bond donors (Lipinski definition) is 2. The molecule has 1 aliphatic heterocycles. The lowest BCUT2D eigenvalue weighted by Gasteiger charge is -2.45. The van der Waals surface area contributed by atoms with Crippen LogP contribution in [0.15, 0.2) is 54.6 Å². The second-order valence-corrected chi connectivity index (χ2v) is 13.0. The molecule has 0 radical (unpaired) electrons. The smallest absolute Gasteiger partial charge is 0.306 e. The molecule has 3 atom stereocenters. The number of carbonyl (C=O) groups excluding carboxylic acids is 3. The molecule has 0 spiro atoms. The molecule has 0 unspecified atom stereocenters. The highest BCUT2D eigenvalue weighted by atomic mass is 35.5. The Labute approximate surface area is 267 Å². The van der Waals surface area contributed by atoms with Gasteiger partial charge >= 0.3 is 5.97 Å². The number of carbonyl (C=O) groups is 3. The zero-order chi connectivity index (χ0) is 31.4. The summed E-state index contributed by atoms with van der Waals surface area (Å²) in [6, 6.07) is 16.5. The van der Waals surface area contributed by atoms with Crippen LogP contribution in [0.2, 0.25) is 5.02 Å². The average molecular weight is 626 g/mol. The van der Waals surface area contributed by atoms with Gasteiger partial charge in [-0.05, 0) is 74.6 Å². The van der Waals surface area contributed by atoms with Crippen LogP contribution in [0.1, 0.15) is 75.3 Å². The Morgan fingerprint density at radius 3 is 2.34 bits per heavy atom. The van der Waals surface area contributed by atoms with Crippen LogP contribution >= 0.6 is 11.6 Å². The molecule has 2 fully saturated rings. The lowest BCUT2D eigenvalue weighted by atomic mass is 9.82. The van der Waals surface area contributed by atoms with Crippen molar-refractivity contribution in [3.05, 3.63) is 70.7 Å². The molecule has 0 aromatic heterocycles. The lowest BCUT2D eigenvalue weighted by Crippen LogP contribution is -2.64. The highest BCUT2D eigenvalue weighted by Gasteiger charge is 2.41. The van der Waals surface area contributed by atoms with E-state index in [2.05, 4.69) is 5.32 Å². The topological polar surface area (TPSA) is 111 Å². The van der Waals surface area contributed by atoms with E-state index < -0.39 is 17.5 Å². The van der Waals surface area contributed by atoms with Crippen molar-refractivity contribution in [1.82, 2.24) is 10.2 Å². The number of nitrogens with one attached hydrogen (secondary N) is 1. The van der Waals surface area contributed by atoms with Crippen molar-refractivity contribution in [2.45, 2.75) is 94.7 Å². The van der Waals surface area contributed by atoms with Crippen LogP contribution in [0.25, 0.3) is 0 Å². The van der Waals surface area contributed by atoms with Crippen LogP contribution < -0.4 is 11.1 Å². The van der Waals surface area contributed by atoms with Crippen molar-refractivity contribution in [2.75, 3.05) is 26.8 Å². The fourth-order valence-electron chi connectivity index (χ4n) is 6.59. The van der Waals surface area contributed by atoms with Gasteiger partial charge in [0.25, 0.3) is 0 Å². The maximum absolute atomic E-state index is 14.3. The van der Waals surface area contributed by atoms with Crippen molar-refractivity contribution < 1.29 is 23.9 Å². The van der Waals surface area contributed by atoms with Gasteiger partial charge in [-0.3, -0.25) is 14.4 Å². The highest BCUT2D eigenvalue weighted by molar-refractivity contribution is 6.30. The van der Waals surface area contributed by atoms with E-state index in [-0.39, 0.29) is 36.9 Å². The van der Waals surface area contributed by atoms with Gasteiger partial charge in [-0.15, -0.1) is 0 Å². The molecule has 1 aliphatic carbocycles. The van der Waals surface area contributed by atoms with Gasteiger partial charge in [-0.1, -0.05) is 73.3 Å². The van der Waals surface area contributed by atoms with Crippen LogP contribution in [0.4, 0.5) is 0 Å². The molecule has 1 saturated heterocycles. The zero-order valence-corrected chi connectivity index (χ0v) is 26.7. The number of rotatable bonds is 12. The summed E-state index contributed by atoms with van der Waals surface area (Å²) in [6.07, 6.45) is 9.73. The van der Waals surface area contributed by atoms with Crippen molar-refractivity contribution >= 4 is 29.4 Å². The van der Waals surface area contributed by atoms with Crippen LogP contribution in [0.3, 0.4) is 0 Å². The lowest BCUT2D eigenvalue weighted by molar-refractivity contribution is -0.154. The molecule has 2 aliphatic rings. The standard InChI is InChI=1S/C35H48ClN3O5/c1-43-24-31(37)33(41)38-35(23-27-15-17-29(36)18-16-27)19-10-20-39(25-35)34(42)28(21-26-11-6-5-7-12-26)22-32(40)44-30-13-8-3-2-4-9-14-30/h5-7,11-12,15-18,28,30-31H,2-4,8-10,13-14,19-25,37H2,1H3,(H,38,41)/t28-,31+,35-/m1/s1. The van der Waals surface area contributed by atoms with E-state index in [1.165, 1.54) is 26.4 Å². The monoisotopic (exact) mass is 625 g/mol. The molecule has 9 heteroatoms. The minimum atomic E-state index is -0.831. The Morgan fingerprint density at radius 2 is 1.66 bits per heavy atom. The number of amides is 2. The predicted octanol–water partition coefficient (Wildman–Crippen LogP) is 5.24. The van der Waals surface area contributed by atoms with E-state index in [0.717, 1.165) is 36.8 Å². The molecular formula is C35H48ClN3O5. The third-order valence-electron chi connectivity index (χ3n) is 8.85. The number of piperidine rings is 1. The van der Waals surface area contributed by atoms with Gasteiger partial charge in [0, 0.05) is 25.2 Å². The van der Waals surface area contributed by atoms with Crippen LogP contribution in [-0.4, -0.2) is 67.2 Å². The zero-order valence-electron chi connectivity index (χ0n) is 26.0. The molecule has 2 aromatic rings. The summed E-state index contributed by atoms with van der Waals surface area (Å²) in [5.74, 6) is -1.30. The molecule has 1 heterocycles. The average Bonchev–Trinajstić information content (AvgIpc) is 2.99. The molecule has 2 amide bonds. The molecule has 0 bridgehead atoms. The van der Waals surface area contributed by atoms with Gasteiger partial charge < -0.3 is 25.4 Å². The summed E-state index contributed by atoms with van der Waals surface area (Å²) in [5.41, 5.74) is 7.36. The fourth-order valence-corrected chi connectivity index (χ4v) is 6.71. The first-order chi connectivity index (χ1) is 21.3. The fraction of sp³-hybridized carbons (Fsp3) is 0.571. The van der Waals surface area contributed by atoms with Crippen molar-refractivity contribution in [3.63, 3.8) is 0 Å². The van der Waals surface area contributed by atoms with Crippen molar-refractivity contribution in [2.24, 2.45) is 11.7 Å². The SMILES string of the molecule is COC[C@H](N)C(=O)N[C@@]1(Cc2ccc(Cl)cc2)CCCN(C(=O)[C@@H](CC(=O)OC2CCCCCCC2)Cc2ccccc2)C1. The molecule has 8 nitrogen and oxygen atoms in total.